The highest BCUT2D eigenvalue weighted by Gasteiger charge is 2.30. The molecule has 2 unspecified atom stereocenters. The fraction of sp³-hybridized carbons (Fsp3) is 0.893. The average molecular weight is 1380 g/mol. The second-order valence-corrected chi connectivity index (χ2v) is 29.7. The van der Waals surface area contributed by atoms with Gasteiger partial charge in [0.25, 0.3) is 0 Å². The van der Waals surface area contributed by atoms with Gasteiger partial charge in [-0.15, -0.1) is 0 Å². The SMILES string of the molecule is CCCCCC/C=C\C=C/CCCCCCCC(=O)OC[C@H](COP(=O)(O)OC[C@@H](O)COP(=O)(O)OC[C@@H](COC(=O)CCCCCCCCCCC)OC(=O)CCCCCCCCCC(C)C)OC(=O)CCCCCCCCCCCCCCCCCCCCCC. The summed E-state index contributed by atoms with van der Waals surface area (Å²) in [5, 5.41) is 10.6. The maximum atomic E-state index is 13.1. The van der Waals surface area contributed by atoms with Crippen molar-refractivity contribution in [1.82, 2.24) is 0 Å². The summed E-state index contributed by atoms with van der Waals surface area (Å²) in [6.45, 7) is 7.13. The van der Waals surface area contributed by atoms with Gasteiger partial charge in [-0.1, -0.05) is 316 Å². The fourth-order valence-corrected chi connectivity index (χ4v) is 12.6. The number of phosphoric acid groups is 2. The van der Waals surface area contributed by atoms with Crippen LogP contribution >= 0.6 is 15.6 Å². The molecule has 19 heteroatoms. The van der Waals surface area contributed by atoms with Crippen molar-refractivity contribution in [3.63, 3.8) is 0 Å². The molecule has 0 fully saturated rings. The van der Waals surface area contributed by atoms with Gasteiger partial charge in [-0.05, 0) is 57.3 Å². The van der Waals surface area contributed by atoms with Gasteiger partial charge in [-0.2, -0.15) is 0 Å². The lowest BCUT2D eigenvalue weighted by Crippen LogP contribution is -2.30. The van der Waals surface area contributed by atoms with Gasteiger partial charge in [-0.25, -0.2) is 9.13 Å². The zero-order valence-electron chi connectivity index (χ0n) is 60.6. The highest BCUT2D eigenvalue weighted by molar-refractivity contribution is 7.47. The van der Waals surface area contributed by atoms with E-state index in [2.05, 4.69) is 58.9 Å². The number of unbranched alkanes of at least 4 members (excludes halogenated alkanes) is 42. The minimum atomic E-state index is -4.96. The Morgan fingerprint density at radius 3 is 0.872 bits per heavy atom. The van der Waals surface area contributed by atoms with Crippen LogP contribution in [0.5, 0.6) is 0 Å². The Labute approximate surface area is 573 Å². The highest BCUT2D eigenvalue weighted by Crippen LogP contribution is 2.45. The van der Waals surface area contributed by atoms with E-state index in [9.17, 15) is 43.2 Å². The zero-order valence-corrected chi connectivity index (χ0v) is 62.4. The van der Waals surface area contributed by atoms with E-state index in [-0.39, 0.29) is 25.7 Å². The molecule has 0 rings (SSSR count). The molecule has 0 aromatic carbocycles. The Hall–Kier alpha value is -2.46. The van der Waals surface area contributed by atoms with E-state index in [1.54, 1.807) is 0 Å². The molecule has 3 N–H and O–H groups in total. The molecule has 0 amide bonds. The number of hydrogen-bond donors (Lipinski definition) is 3. The fourth-order valence-electron chi connectivity index (χ4n) is 11.0. The molecular formula is C75H142O17P2. The summed E-state index contributed by atoms with van der Waals surface area (Å²) in [5.74, 6) is -1.46. The third-order valence-corrected chi connectivity index (χ3v) is 18.8. The van der Waals surface area contributed by atoms with E-state index in [4.69, 9.17) is 37.0 Å². The number of rotatable bonds is 73. The second-order valence-electron chi connectivity index (χ2n) is 26.8. The van der Waals surface area contributed by atoms with Gasteiger partial charge >= 0.3 is 39.5 Å². The first-order valence-electron chi connectivity index (χ1n) is 38.5. The lowest BCUT2D eigenvalue weighted by atomic mass is 10.0. The Morgan fingerprint density at radius 2 is 0.574 bits per heavy atom. The second kappa shape index (κ2) is 67.7. The predicted octanol–water partition coefficient (Wildman–Crippen LogP) is 21.6. The third kappa shape index (κ3) is 68.1. The monoisotopic (exact) mass is 1380 g/mol. The third-order valence-electron chi connectivity index (χ3n) is 16.9. The van der Waals surface area contributed by atoms with Crippen LogP contribution in [-0.4, -0.2) is 96.7 Å². The predicted molar refractivity (Wildman–Crippen MR) is 381 cm³/mol. The normalized spacial score (nSPS) is 14.1. The van der Waals surface area contributed by atoms with Gasteiger partial charge in [0.2, 0.25) is 0 Å². The summed E-state index contributed by atoms with van der Waals surface area (Å²) in [4.78, 5) is 72.6. The maximum Gasteiger partial charge on any atom is 0.472 e. The van der Waals surface area contributed by atoms with E-state index in [1.807, 2.05) is 0 Å². The first-order chi connectivity index (χ1) is 45.5. The van der Waals surface area contributed by atoms with Gasteiger partial charge in [0.05, 0.1) is 26.4 Å². The zero-order chi connectivity index (χ0) is 69.1. The molecule has 0 heterocycles. The van der Waals surface area contributed by atoms with Crippen molar-refractivity contribution in [2.75, 3.05) is 39.6 Å². The van der Waals surface area contributed by atoms with Crippen molar-refractivity contribution in [2.24, 2.45) is 5.92 Å². The average Bonchev–Trinajstić information content (AvgIpc) is 1.26. The number of carbonyl (C=O) groups excluding carboxylic acids is 4. The van der Waals surface area contributed by atoms with Crippen LogP contribution in [0.2, 0.25) is 0 Å². The van der Waals surface area contributed by atoms with Crippen molar-refractivity contribution in [3.8, 4) is 0 Å². The van der Waals surface area contributed by atoms with Gasteiger partial charge in [0.1, 0.15) is 19.3 Å². The van der Waals surface area contributed by atoms with Crippen LogP contribution in [0, 0.1) is 5.92 Å². The van der Waals surface area contributed by atoms with Crippen molar-refractivity contribution in [3.05, 3.63) is 24.3 Å². The topological polar surface area (TPSA) is 237 Å². The van der Waals surface area contributed by atoms with Crippen LogP contribution in [0.3, 0.4) is 0 Å². The molecule has 0 radical (unpaired) electrons. The minimum Gasteiger partial charge on any atom is -0.462 e. The van der Waals surface area contributed by atoms with Gasteiger partial charge in [-0.3, -0.25) is 37.3 Å². The van der Waals surface area contributed by atoms with E-state index in [1.165, 1.54) is 173 Å². The molecule has 0 aromatic rings. The van der Waals surface area contributed by atoms with Crippen LogP contribution in [0.1, 0.15) is 369 Å². The van der Waals surface area contributed by atoms with Gasteiger partial charge in [0.15, 0.2) is 12.2 Å². The summed E-state index contributed by atoms with van der Waals surface area (Å²) in [7, 11) is -9.92. The first kappa shape index (κ1) is 91.5. The van der Waals surface area contributed by atoms with Crippen LogP contribution in [0.4, 0.5) is 0 Å². The van der Waals surface area contributed by atoms with Gasteiger partial charge in [0, 0.05) is 25.7 Å². The molecule has 0 aromatic heterocycles. The highest BCUT2D eigenvalue weighted by atomic mass is 31.2. The summed E-state index contributed by atoms with van der Waals surface area (Å²) in [6.07, 6.45) is 59.3. The molecule has 5 atom stereocenters. The number of allylic oxidation sites excluding steroid dienone is 4. The molecule has 17 nitrogen and oxygen atoms in total. The summed E-state index contributed by atoms with van der Waals surface area (Å²) in [5.41, 5.74) is 0. The lowest BCUT2D eigenvalue weighted by molar-refractivity contribution is -0.161. The molecule has 0 saturated carbocycles. The summed E-state index contributed by atoms with van der Waals surface area (Å²) >= 11 is 0. The molecule has 0 aliphatic carbocycles. The number of aliphatic hydroxyl groups excluding tert-OH is 1. The van der Waals surface area contributed by atoms with E-state index in [0.717, 1.165) is 109 Å². The number of phosphoric ester groups is 2. The lowest BCUT2D eigenvalue weighted by Gasteiger charge is -2.21. The first-order valence-corrected chi connectivity index (χ1v) is 41.4. The largest absolute Gasteiger partial charge is 0.472 e. The molecule has 0 spiro atoms. The number of carbonyl (C=O) groups is 4. The van der Waals surface area contributed by atoms with Crippen molar-refractivity contribution in [1.29, 1.82) is 0 Å². The van der Waals surface area contributed by atoms with Crippen LogP contribution in [-0.2, 0) is 65.4 Å². The Balaban J connectivity index is 5.23. The number of esters is 4. The molecule has 0 aliphatic rings. The van der Waals surface area contributed by atoms with E-state index in [0.29, 0.717) is 31.6 Å². The maximum absolute atomic E-state index is 13.1. The molecule has 0 bridgehead atoms. The van der Waals surface area contributed by atoms with Crippen LogP contribution in [0.25, 0.3) is 0 Å². The number of ether oxygens (including phenoxy) is 4. The number of aliphatic hydroxyl groups is 1. The Morgan fingerprint density at radius 1 is 0.330 bits per heavy atom. The van der Waals surface area contributed by atoms with Gasteiger partial charge < -0.3 is 33.8 Å². The summed E-state index contributed by atoms with van der Waals surface area (Å²) in [6, 6.07) is 0. The molecular weight excluding hydrogens is 1230 g/mol. The molecule has 0 aliphatic heterocycles. The van der Waals surface area contributed by atoms with E-state index < -0.39 is 97.5 Å². The molecule has 94 heavy (non-hydrogen) atoms. The van der Waals surface area contributed by atoms with Crippen molar-refractivity contribution >= 4 is 39.5 Å². The molecule has 0 saturated heterocycles. The minimum absolute atomic E-state index is 0.101. The van der Waals surface area contributed by atoms with E-state index >= 15 is 0 Å². The van der Waals surface area contributed by atoms with Crippen molar-refractivity contribution < 1.29 is 80.2 Å². The standard InChI is InChI=1S/C75H142O17P2/c1-6-9-12-15-18-21-23-25-27-28-29-30-31-33-35-37-40-45-50-55-60-74(79)91-70(64-86-73(78)59-54-49-44-39-36-34-32-26-24-22-19-16-13-10-7-2)66-89-93(81,82)87-62-69(76)63-88-94(83,84)90-67-71(65-85-72(77)58-53-48-43-38-20-17-14-11-8-3)92-75(80)61-56-51-46-41-42-47-52-57-68(4)5/h22,24,26,32,68-71,76H,6-21,23,25,27-31,33-67H2,1-5H3,(H,81,82)(H,83,84)/b24-22-,32-26-/t69-,70-,71-/m1/s1. The smallest absolute Gasteiger partial charge is 0.462 e. The van der Waals surface area contributed by atoms with Crippen LogP contribution < -0.4 is 0 Å². The Bertz CT molecular complexity index is 1900. The van der Waals surface area contributed by atoms with Crippen molar-refractivity contribution in [2.45, 2.75) is 387 Å². The summed E-state index contributed by atoms with van der Waals surface area (Å²) < 4.78 is 68.3. The quantitative estimate of drug-likeness (QED) is 0.0169. The number of hydrogen-bond acceptors (Lipinski definition) is 15. The molecule has 554 valence electrons. The Kier molecular flexibility index (Phi) is 65.9. The van der Waals surface area contributed by atoms with Crippen LogP contribution in [0.15, 0.2) is 24.3 Å².